The zero-order chi connectivity index (χ0) is 17.3. The highest BCUT2D eigenvalue weighted by molar-refractivity contribution is 7.92. The van der Waals surface area contributed by atoms with Crippen molar-refractivity contribution in [2.75, 3.05) is 4.72 Å². The Morgan fingerprint density at radius 3 is 2.38 bits per heavy atom. The van der Waals surface area contributed by atoms with Crippen LogP contribution < -0.4 is 4.72 Å². The molecule has 0 heterocycles. The summed E-state index contributed by atoms with van der Waals surface area (Å²) in [6, 6.07) is 14.6. The third-order valence-corrected chi connectivity index (χ3v) is 4.85. The van der Waals surface area contributed by atoms with Crippen molar-refractivity contribution in [3.63, 3.8) is 0 Å². The first-order valence-electron chi connectivity index (χ1n) is 6.91. The lowest BCUT2D eigenvalue weighted by Crippen LogP contribution is -2.14. The second-order valence-electron chi connectivity index (χ2n) is 5.11. The molecule has 0 aliphatic carbocycles. The van der Waals surface area contributed by atoms with E-state index in [0.29, 0.717) is 0 Å². The highest BCUT2D eigenvalue weighted by Gasteiger charge is 2.18. The molecule has 0 amide bonds. The van der Waals surface area contributed by atoms with Gasteiger partial charge in [0.2, 0.25) is 0 Å². The van der Waals surface area contributed by atoms with Crippen molar-refractivity contribution in [2.45, 2.75) is 4.90 Å². The molecule has 0 aromatic heterocycles. The third kappa shape index (κ3) is 3.07. The Hall–Kier alpha value is -2.93. The Balaban J connectivity index is 2.01. The maximum Gasteiger partial charge on any atom is 0.335 e. The molecule has 0 saturated heterocycles. The smallest absolute Gasteiger partial charge is 0.335 e. The van der Waals surface area contributed by atoms with Crippen molar-refractivity contribution in [1.29, 1.82) is 0 Å². The summed E-state index contributed by atoms with van der Waals surface area (Å²) in [6.07, 6.45) is 0. The Morgan fingerprint density at radius 2 is 1.67 bits per heavy atom. The number of benzene rings is 3. The zero-order valence-electron chi connectivity index (χ0n) is 12.2. The number of aromatic carboxylic acids is 1. The van der Waals surface area contributed by atoms with Crippen LogP contribution in [0.15, 0.2) is 65.6 Å². The van der Waals surface area contributed by atoms with E-state index in [1.54, 1.807) is 18.2 Å². The second-order valence-corrected chi connectivity index (χ2v) is 6.80. The van der Waals surface area contributed by atoms with Crippen LogP contribution in [-0.4, -0.2) is 19.5 Å². The van der Waals surface area contributed by atoms with Crippen LogP contribution in [0.4, 0.5) is 10.1 Å². The van der Waals surface area contributed by atoms with Gasteiger partial charge in [-0.25, -0.2) is 17.6 Å². The molecule has 7 heteroatoms. The van der Waals surface area contributed by atoms with Crippen LogP contribution in [0.1, 0.15) is 10.4 Å². The van der Waals surface area contributed by atoms with Crippen LogP contribution in [0, 0.1) is 5.82 Å². The number of fused-ring (bicyclic) bond motifs is 1. The van der Waals surface area contributed by atoms with Crippen LogP contribution in [0.5, 0.6) is 0 Å². The number of carboxylic acid groups (broad SMARTS) is 1. The van der Waals surface area contributed by atoms with Crippen molar-refractivity contribution in [2.24, 2.45) is 0 Å². The van der Waals surface area contributed by atoms with Gasteiger partial charge in [0.15, 0.2) is 0 Å². The molecule has 3 aromatic carbocycles. The predicted octanol–water partition coefficient (Wildman–Crippen LogP) is 3.48. The van der Waals surface area contributed by atoms with Gasteiger partial charge in [-0.15, -0.1) is 0 Å². The summed E-state index contributed by atoms with van der Waals surface area (Å²) < 4.78 is 40.8. The van der Waals surface area contributed by atoms with E-state index in [2.05, 4.69) is 4.72 Å². The summed E-state index contributed by atoms with van der Waals surface area (Å²) in [5, 5.41) is 10.5. The third-order valence-electron chi connectivity index (χ3n) is 3.49. The van der Waals surface area contributed by atoms with Crippen LogP contribution in [0.3, 0.4) is 0 Å². The van der Waals surface area contributed by atoms with E-state index in [1.165, 1.54) is 12.1 Å². The van der Waals surface area contributed by atoms with Gasteiger partial charge in [0.25, 0.3) is 10.0 Å². The summed E-state index contributed by atoms with van der Waals surface area (Å²) >= 11 is 0. The maximum absolute atomic E-state index is 13.8. The average Bonchev–Trinajstić information content (AvgIpc) is 2.56. The van der Waals surface area contributed by atoms with Gasteiger partial charge in [0, 0.05) is 0 Å². The number of carboxylic acids is 1. The molecule has 0 radical (unpaired) electrons. The highest BCUT2D eigenvalue weighted by atomic mass is 32.2. The van der Waals surface area contributed by atoms with Gasteiger partial charge in [0.05, 0.1) is 16.1 Å². The molecule has 0 atom stereocenters. The quantitative estimate of drug-likeness (QED) is 0.758. The van der Waals surface area contributed by atoms with E-state index in [-0.39, 0.29) is 10.5 Å². The fourth-order valence-corrected chi connectivity index (χ4v) is 3.37. The number of rotatable bonds is 4. The summed E-state index contributed by atoms with van der Waals surface area (Å²) in [5.74, 6) is -2.13. The van der Waals surface area contributed by atoms with Crippen molar-refractivity contribution in [3.05, 3.63) is 72.0 Å². The molecule has 3 rings (SSSR count). The van der Waals surface area contributed by atoms with E-state index in [4.69, 9.17) is 5.11 Å². The second kappa shape index (κ2) is 5.93. The lowest BCUT2D eigenvalue weighted by molar-refractivity contribution is 0.0697. The number of carbonyl (C=O) groups is 1. The van der Waals surface area contributed by atoms with Crippen molar-refractivity contribution < 1.29 is 22.7 Å². The van der Waals surface area contributed by atoms with Crippen LogP contribution >= 0.6 is 0 Å². The monoisotopic (exact) mass is 345 g/mol. The molecule has 0 spiro atoms. The Morgan fingerprint density at radius 1 is 0.958 bits per heavy atom. The normalized spacial score (nSPS) is 11.4. The molecular weight excluding hydrogens is 333 g/mol. The molecule has 0 aliphatic heterocycles. The minimum absolute atomic E-state index is 0.0404. The lowest BCUT2D eigenvalue weighted by Gasteiger charge is -2.10. The predicted molar refractivity (Wildman–Crippen MR) is 88.1 cm³/mol. The van der Waals surface area contributed by atoms with Crippen LogP contribution in [0.25, 0.3) is 10.8 Å². The van der Waals surface area contributed by atoms with E-state index in [0.717, 1.165) is 29.0 Å². The first kappa shape index (κ1) is 15.9. The van der Waals surface area contributed by atoms with Crippen molar-refractivity contribution in [1.82, 2.24) is 0 Å². The Kier molecular flexibility index (Phi) is 3.94. The van der Waals surface area contributed by atoms with Crippen molar-refractivity contribution in [3.8, 4) is 0 Å². The van der Waals surface area contributed by atoms with Gasteiger partial charge in [-0.2, -0.15) is 0 Å². The minimum atomic E-state index is -4.05. The maximum atomic E-state index is 13.8. The zero-order valence-corrected chi connectivity index (χ0v) is 13.0. The fourth-order valence-electron chi connectivity index (χ4n) is 2.27. The molecule has 0 saturated carbocycles. The Labute approximate surface area is 137 Å². The van der Waals surface area contributed by atoms with Gasteiger partial charge < -0.3 is 5.11 Å². The average molecular weight is 345 g/mol. The minimum Gasteiger partial charge on any atom is -0.478 e. The number of hydrogen-bond donors (Lipinski definition) is 2. The van der Waals surface area contributed by atoms with Crippen LogP contribution in [-0.2, 0) is 10.0 Å². The standard InChI is InChI=1S/C17H12FNO4S/c18-15-8-6-13(17(20)21)10-16(15)19-24(22,23)14-7-5-11-3-1-2-4-12(11)9-14/h1-10,19H,(H,20,21). The van der Waals surface area contributed by atoms with Gasteiger partial charge >= 0.3 is 5.97 Å². The lowest BCUT2D eigenvalue weighted by atomic mass is 10.1. The van der Waals surface area contributed by atoms with E-state index in [1.807, 2.05) is 12.1 Å². The topological polar surface area (TPSA) is 83.5 Å². The molecule has 5 nitrogen and oxygen atoms in total. The summed E-state index contributed by atoms with van der Waals surface area (Å²) in [7, 11) is -4.05. The first-order valence-corrected chi connectivity index (χ1v) is 8.39. The summed E-state index contributed by atoms with van der Waals surface area (Å²) in [4.78, 5) is 10.9. The number of nitrogens with one attached hydrogen (secondary N) is 1. The van der Waals surface area contributed by atoms with Gasteiger partial charge in [0.1, 0.15) is 5.82 Å². The van der Waals surface area contributed by atoms with Crippen molar-refractivity contribution >= 4 is 32.5 Å². The molecular formula is C17H12FNO4S. The summed E-state index contributed by atoms with van der Waals surface area (Å²) in [6.45, 7) is 0. The number of anilines is 1. The number of sulfonamides is 1. The molecule has 3 aromatic rings. The van der Waals surface area contributed by atoms with E-state index in [9.17, 15) is 17.6 Å². The Bertz CT molecular complexity index is 1050. The molecule has 0 fully saturated rings. The number of hydrogen-bond acceptors (Lipinski definition) is 3. The summed E-state index contributed by atoms with van der Waals surface area (Å²) in [5.41, 5.74) is -0.629. The SMILES string of the molecule is O=C(O)c1ccc(F)c(NS(=O)(=O)c2ccc3ccccc3c2)c1. The molecule has 0 unspecified atom stereocenters. The van der Waals surface area contributed by atoms with E-state index < -0.39 is 27.5 Å². The fraction of sp³-hybridized carbons (Fsp3) is 0. The molecule has 0 bridgehead atoms. The van der Waals surface area contributed by atoms with Crippen LogP contribution in [0.2, 0.25) is 0 Å². The van der Waals surface area contributed by atoms with Gasteiger partial charge in [-0.1, -0.05) is 30.3 Å². The van der Waals surface area contributed by atoms with Gasteiger partial charge in [-0.05, 0) is 41.1 Å². The largest absolute Gasteiger partial charge is 0.478 e. The molecule has 122 valence electrons. The molecule has 24 heavy (non-hydrogen) atoms. The highest BCUT2D eigenvalue weighted by Crippen LogP contribution is 2.23. The van der Waals surface area contributed by atoms with E-state index >= 15 is 0 Å². The van der Waals surface area contributed by atoms with Gasteiger partial charge in [-0.3, -0.25) is 4.72 Å². The molecule has 2 N–H and O–H groups in total. The molecule has 0 aliphatic rings. The first-order chi connectivity index (χ1) is 11.4. The number of halogens is 1.